The molecule has 4 heterocycles. The van der Waals surface area contributed by atoms with Gasteiger partial charge in [0.1, 0.15) is 11.6 Å². The fourth-order valence-electron chi connectivity index (χ4n) is 6.82. The first-order chi connectivity index (χ1) is 21.8. The van der Waals surface area contributed by atoms with Crippen LogP contribution in [0.3, 0.4) is 0 Å². The van der Waals surface area contributed by atoms with Crippen molar-refractivity contribution in [2.45, 2.75) is 12.8 Å². The van der Waals surface area contributed by atoms with Crippen molar-refractivity contribution in [1.29, 1.82) is 0 Å². The molecule has 1 aliphatic carbocycles. The molecule has 0 bridgehead atoms. The summed E-state index contributed by atoms with van der Waals surface area (Å²) in [4.78, 5) is 10.4. The molecule has 1 aliphatic rings. The molecule has 44 heavy (non-hydrogen) atoms. The molecule has 0 saturated carbocycles. The van der Waals surface area contributed by atoms with E-state index < -0.39 is 0 Å². The second kappa shape index (κ2) is 9.92. The summed E-state index contributed by atoms with van der Waals surface area (Å²) in [6.45, 7) is 0. The molecule has 4 aromatic carbocycles. The number of rotatable bonds is 4. The van der Waals surface area contributed by atoms with Crippen LogP contribution in [0.15, 0.2) is 146 Å². The standard InChI is InChI=1S/C40H28N4/c1-3-13-27(14-4-1)32-19-11-23-37(41-32)43-35-22-10-8-18-31(35)39-36(43)26-25-30-29-17-7-9-21-34(29)44(40(30)39)38-24-12-20-33(42-38)28-15-5-2-6-16-28/h2-3,5-26H,1,4H2. The van der Waals surface area contributed by atoms with Crippen molar-refractivity contribution in [3.63, 3.8) is 0 Å². The van der Waals surface area contributed by atoms with Crippen molar-refractivity contribution in [2.24, 2.45) is 0 Å². The lowest BCUT2D eigenvalue weighted by atomic mass is 10.0. The van der Waals surface area contributed by atoms with Gasteiger partial charge in [-0.25, -0.2) is 9.97 Å². The van der Waals surface area contributed by atoms with Gasteiger partial charge in [-0.05, 0) is 60.9 Å². The molecule has 0 N–H and O–H groups in total. The molecular weight excluding hydrogens is 536 g/mol. The van der Waals surface area contributed by atoms with Gasteiger partial charge >= 0.3 is 0 Å². The third-order valence-electron chi connectivity index (χ3n) is 8.76. The summed E-state index contributed by atoms with van der Waals surface area (Å²) in [5.41, 5.74) is 8.80. The molecule has 0 atom stereocenters. The summed E-state index contributed by atoms with van der Waals surface area (Å²) in [6.07, 6.45) is 8.86. The number of nitrogens with zero attached hydrogens (tertiary/aromatic N) is 4. The Labute approximate surface area is 254 Å². The van der Waals surface area contributed by atoms with E-state index in [0.717, 1.165) is 63.5 Å². The molecule has 208 valence electrons. The first kappa shape index (κ1) is 24.8. The minimum absolute atomic E-state index is 0.901. The number of benzene rings is 4. The molecule has 0 fully saturated rings. The number of para-hydroxylation sites is 2. The molecule has 0 amide bonds. The van der Waals surface area contributed by atoms with Crippen molar-refractivity contribution in [3.05, 3.63) is 151 Å². The smallest absolute Gasteiger partial charge is 0.138 e. The Hall–Kier alpha value is -5.74. The Bertz CT molecular complexity index is 2440. The van der Waals surface area contributed by atoms with Crippen molar-refractivity contribution in [1.82, 2.24) is 19.1 Å². The molecule has 0 aliphatic heterocycles. The predicted octanol–water partition coefficient (Wildman–Crippen LogP) is 10.1. The van der Waals surface area contributed by atoms with E-state index in [0.29, 0.717) is 0 Å². The van der Waals surface area contributed by atoms with E-state index in [1.165, 1.54) is 27.1 Å². The van der Waals surface area contributed by atoms with Gasteiger partial charge in [0.2, 0.25) is 0 Å². The van der Waals surface area contributed by atoms with Gasteiger partial charge in [-0.15, -0.1) is 0 Å². The fraction of sp³-hybridized carbons (Fsp3) is 0.0500. The Morgan fingerprint density at radius 1 is 0.477 bits per heavy atom. The highest BCUT2D eigenvalue weighted by Crippen LogP contribution is 2.41. The molecule has 9 rings (SSSR count). The monoisotopic (exact) mass is 564 g/mol. The normalized spacial score (nSPS) is 13.3. The first-order valence-electron chi connectivity index (χ1n) is 15.2. The van der Waals surface area contributed by atoms with Crippen molar-refractivity contribution >= 4 is 49.2 Å². The average molecular weight is 565 g/mol. The van der Waals surface area contributed by atoms with E-state index in [4.69, 9.17) is 9.97 Å². The highest BCUT2D eigenvalue weighted by atomic mass is 15.1. The van der Waals surface area contributed by atoms with E-state index in [9.17, 15) is 0 Å². The molecule has 0 unspecified atom stereocenters. The van der Waals surface area contributed by atoms with Gasteiger partial charge in [0, 0.05) is 27.1 Å². The zero-order valence-electron chi connectivity index (χ0n) is 24.1. The summed E-state index contributed by atoms with van der Waals surface area (Å²) in [7, 11) is 0. The lowest BCUT2D eigenvalue weighted by Gasteiger charge is -2.12. The van der Waals surface area contributed by atoms with Crippen LogP contribution in [-0.4, -0.2) is 19.1 Å². The highest BCUT2D eigenvalue weighted by molar-refractivity contribution is 6.26. The lowest BCUT2D eigenvalue weighted by Crippen LogP contribution is -2.01. The van der Waals surface area contributed by atoms with Crippen molar-refractivity contribution in [2.75, 3.05) is 0 Å². The fourth-order valence-corrected chi connectivity index (χ4v) is 6.82. The van der Waals surface area contributed by atoms with Gasteiger partial charge in [0.15, 0.2) is 0 Å². The second-order valence-electron chi connectivity index (χ2n) is 11.3. The quantitative estimate of drug-likeness (QED) is 0.213. The second-order valence-corrected chi connectivity index (χ2v) is 11.3. The van der Waals surface area contributed by atoms with E-state index in [1.807, 2.05) is 6.07 Å². The average Bonchev–Trinajstić information content (AvgIpc) is 3.62. The van der Waals surface area contributed by atoms with Gasteiger partial charge in [-0.3, -0.25) is 9.13 Å². The molecule has 4 aromatic heterocycles. The summed E-state index contributed by atoms with van der Waals surface area (Å²) in [5, 5.41) is 4.82. The maximum atomic E-state index is 5.23. The SMILES string of the molecule is C1=CC(c2cccc(-n3c4ccccc4c4c3ccc3c5ccccc5n(-c5cccc(-c6ccccc6)n5)c34)n2)=CCC1. The Balaban J connectivity index is 1.38. The van der Waals surface area contributed by atoms with Crippen molar-refractivity contribution in [3.8, 4) is 22.9 Å². The van der Waals surface area contributed by atoms with E-state index in [2.05, 4.69) is 149 Å². The van der Waals surface area contributed by atoms with Crippen LogP contribution in [0.1, 0.15) is 18.5 Å². The van der Waals surface area contributed by atoms with Gasteiger partial charge in [-0.2, -0.15) is 0 Å². The predicted molar refractivity (Wildman–Crippen MR) is 182 cm³/mol. The number of hydrogen-bond acceptors (Lipinski definition) is 2. The largest absolute Gasteiger partial charge is 0.294 e. The highest BCUT2D eigenvalue weighted by Gasteiger charge is 2.21. The van der Waals surface area contributed by atoms with E-state index >= 15 is 0 Å². The van der Waals surface area contributed by atoms with Gasteiger partial charge in [0.05, 0.1) is 33.5 Å². The van der Waals surface area contributed by atoms with Crippen LogP contribution in [0.5, 0.6) is 0 Å². The number of pyridine rings is 2. The van der Waals surface area contributed by atoms with Crippen LogP contribution in [-0.2, 0) is 0 Å². The molecule has 4 heteroatoms. The van der Waals surface area contributed by atoms with Gasteiger partial charge < -0.3 is 0 Å². The van der Waals surface area contributed by atoms with Crippen LogP contribution < -0.4 is 0 Å². The summed E-state index contributed by atoms with van der Waals surface area (Å²) < 4.78 is 4.66. The molecule has 0 saturated heterocycles. The van der Waals surface area contributed by atoms with E-state index in [-0.39, 0.29) is 0 Å². The first-order valence-corrected chi connectivity index (χ1v) is 15.2. The minimum Gasteiger partial charge on any atom is -0.294 e. The maximum absolute atomic E-state index is 5.23. The zero-order chi connectivity index (χ0) is 29.0. The summed E-state index contributed by atoms with van der Waals surface area (Å²) in [5.74, 6) is 1.82. The Morgan fingerprint density at radius 2 is 1.16 bits per heavy atom. The molecule has 8 aromatic rings. The number of aromatic nitrogens is 4. The van der Waals surface area contributed by atoms with Gasteiger partial charge in [-0.1, -0.05) is 103 Å². The van der Waals surface area contributed by atoms with Crippen LogP contribution in [0, 0.1) is 0 Å². The van der Waals surface area contributed by atoms with Crippen LogP contribution in [0.25, 0.3) is 72.1 Å². The molecule has 0 radical (unpaired) electrons. The molecular formula is C40H28N4. The molecule has 4 nitrogen and oxygen atoms in total. The Morgan fingerprint density at radius 3 is 1.95 bits per heavy atom. The van der Waals surface area contributed by atoms with Crippen LogP contribution >= 0.6 is 0 Å². The topological polar surface area (TPSA) is 35.6 Å². The van der Waals surface area contributed by atoms with Gasteiger partial charge in [0.25, 0.3) is 0 Å². The minimum atomic E-state index is 0.901. The zero-order valence-corrected chi connectivity index (χ0v) is 24.1. The third-order valence-corrected chi connectivity index (χ3v) is 8.76. The van der Waals surface area contributed by atoms with Crippen LogP contribution in [0.4, 0.5) is 0 Å². The lowest BCUT2D eigenvalue weighted by molar-refractivity contribution is 1.03. The number of hydrogen-bond donors (Lipinski definition) is 0. The third kappa shape index (κ3) is 3.78. The Kier molecular flexibility index (Phi) is 5.60. The maximum Gasteiger partial charge on any atom is 0.138 e. The summed E-state index contributed by atoms with van der Waals surface area (Å²) in [6, 6.07) is 44.9. The van der Waals surface area contributed by atoms with E-state index in [1.54, 1.807) is 0 Å². The number of allylic oxidation sites excluding steroid dienone is 4. The number of fused-ring (bicyclic) bond motifs is 7. The van der Waals surface area contributed by atoms with Crippen molar-refractivity contribution < 1.29 is 0 Å². The summed E-state index contributed by atoms with van der Waals surface area (Å²) >= 11 is 0. The molecule has 0 spiro atoms. The van der Waals surface area contributed by atoms with Crippen LogP contribution in [0.2, 0.25) is 0 Å².